The molecule has 35 heavy (non-hydrogen) atoms. The number of ether oxygens (including phenoxy) is 3. The second-order valence-electron chi connectivity index (χ2n) is 8.30. The van der Waals surface area contributed by atoms with Crippen molar-refractivity contribution in [2.75, 3.05) is 26.6 Å². The normalized spacial score (nSPS) is 18.9. The molecule has 0 bridgehead atoms. The van der Waals surface area contributed by atoms with E-state index in [9.17, 15) is 9.90 Å². The molecule has 0 saturated carbocycles. The summed E-state index contributed by atoms with van der Waals surface area (Å²) in [4.78, 5) is 12.2. The Labute approximate surface area is 222 Å². The van der Waals surface area contributed by atoms with Gasteiger partial charge in [0, 0.05) is 22.0 Å². The Morgan fingerprint density at radius 3 is 2.17 bits per heavy atom. The van der Waals surface area contributed by atoms with Gasteiger partial charge in [0.1, 0.15) is 5.75 Å². The Morgan fingerprint density at radius 1 is 0.914 bits per heavy atom. The molecule has 4 rings (SSSR count). The quantitative estimate of drug-likeness (QED) is 0.316. The van der Waals surface area contributed by atoms with E-state index in [1.54, 1.807) is 39.5 Å². The molecular weight excluding hydrogens is 557 g/mol. The highest BCUT2D eigenvalue weighted by molar-refractivity contribution is 9.10. The summed E-state index contributed by atoms with van der Waals surface area (Å²) in [5, 5.41) is 14.4. The molecule has 3 atom stereocenters. The summed E-state index contributed by atoms with van der Waals surface area (Å²) >= 11 is 16.0. The Morgan fingerprint density at radius 2 is 1.57 bits per heavy atom. The first-order valence-electron chi connectivity index (χ1n) is 10.8. The highest BCUT2D eigenvalue weighted by Crippen LogP contribution is 2.53. The Balaban J connectivity index is 2.01. The molecule has 1 aliphatic rings. The van der Waals surface area contributed by atoms with Crippen LogP contribution in [-0.2, 0) is 0 Å². The Kier molecular flexibility index (Phi) is 7.40. The highest BCUT2D eigenvalue weighted by Gasteiger charge is 2.39. The third-order valence-corrected chi connectivity index (χ3v) is 7.62. The number of hydrogen-bond acceptors (Lipinski definition) is 5. The predicted molar refractivity (Wildman–Crippen MR) is 141 cm³/mol. The van der Waals surface area contributed by atoms with Crippen LogP contribution in [0, 0.1) is 5.92 Å². The van der Waals surface area contributed by atoms with Crippen LogP contribution in [0.25, 0.3) is 0 Å². The molecule has 0 unspecified atom stereocenters. The minimum absolute atomic E-state index is 0.0531. The van der Waals surface area contributed by atoms with E-state index < -0.39 is 5.97 Å². The molecular formula is C26H24BrCl2NO5. The van der Waals surface area contributed by atoms with Gasteiger partial charge < -0.3 is 24.6 Å². The molecule has 0 saturated heterocycles. The van der Waals surface area contributed by atoms with Crippen LogP contribution in [0.5, 0.6) is 17.2 Å². The van der Waals surface area contributed by atoms with Crippen molar-refractivity contribution in [1.29, 1.82) is 0 Å². The largest absolute Gasteiger partial charge is 0.496 e. The fourth-order valence-electron chi connectivity index (χ4n) is 4.80. The molecule has 1 aliphatic heterocycles. The van der Waals surface area contributed by atoms with Gasteiger partial charge in [-0.25, -0.2) is 4.79 Å². The van der Waals surface area contributed by atoms with Crippen molar-refractivity contribution in [3.63, 3.8) is 0 Å². The number of nitrogens with one attached hydrogen (secondary N) is 1. The van der Waals surface area contributed by atoms with Crippen molar-refractivity contribution in [3.05, 3.63) is 79.2 Å². The lowest BCUT2D eigenvalue weighted by molar-refractivity contribution is 0.0697. The summed E-state index contributed by atoms with van der Waals surface area (Å²) in [5.41, 5.74) is 3.26. The van der Waals surface area contributed by atoms with E-state index in [-0.39, 0.29) is 23.4 Å². The van der Waals surface area contributed by atoms with Crippen LogP contribution in [0.3, 0.4) is 0 Å². The number of hydrogen-bond donors (Lipinski definition) is 2. The van der Waals surface area contributed by atoms with Crippen molar-refractivity contribution in [1.82, 2.24) is 0 Å². The standard InChI is InChI=1S/C26H24BrCl2NO5/c1-12-23(15-10-21(34-3)22(35-4)11-20(15)33-2)16-8-14(27)9-17(26(31)32)25(16)30-24(12)13-5-6-18(28)19(29)7-13/h5-12,23-24,30H,1-4H3,(H,31,32)/t12-,23-,24+/m1/s1. The fraction of sp³-hybridized carbons (Fsp3) is 0.269. The van der Waals surface area contributed by atoms with Crippen LogP contribution in [0.15, 0.2) is 46.9 Å². The zero-order chi connectivity index (χ0) is 25.4. The van der Waals surface area contributed by atoms with E-state index in [1.807, 2.05) is 24.3 Å². The molecule has 6 nitrogen and oxygen atoms in total. The lowest BCUT2D eigenvalue weighted by atomic mass is 9.72. The zero-order valence-corrected chi connectivity index (χ0v) is 22.6. The minimum Gasteiger partial charge on any atom is -0.496 e. The first-order chi connectivity index (χ1) is 16.7. The lowest BCUT2D eigenvalue weighted by Gasteiger charge is -2.41. The number of carbonyl (C=O) groups is 1. The molecule has 0 aliphatic carbocycles. The van der Waals surface area contributed by atoms with Crippen LogP contribution < -0.4 is 19.5 Å². The first kappa shape index (κ1) is 25.5. The SMILES string of the molecule is COc1cc(OC)c([C@@H]2c3cc(Br)cc(C(=O)O)c3N[C@H](c3ccc(Cl)c(Cl)c3)[C@@H]2C)cc1OC. The fourth-order valence-corrected chi connectivity index (χ4v) is 5.59. The molecule has 3 aromatic carbocycles. The van der Waals surface area contributed by atoms with Crippen LogP contribution in [0.2, 0.25) is 10.0 Å². The number of benzene rings is 3. The molecule has 0 amide bonds. The van der Waals surface area contributed by atoms with Gasteiger partial charge in [-0.2, -0.15) is 0 Å². The van der Waals surface area contributed by atoms with Gasteiger partial charge in [-0.05, 0) is 47.4 Å². The van der Waals surface area contributed by atoms with Crippen LogP contribution in [0.1, 0.15) is 45.9 Å². The van der Waals surface area contributed by atoms with Crippen LogP contribution in [0.4, 0.5) is 5.69 Å². The number of rotatable bonds is 6. The minimum atomic E-state index is -1.03. The van der Waals surface area contributed by atoms with Crippen molar-refractivity contribution < 1.29 is 24.1 Å². The second-order valence-corrected chi connectivity index (χ2v) is 10.0. The maximum Gasteiger partial charge on any atom is 0.337 e. The maximum atomic E-state index is 12.2. The predicted octanol–water partition coefficient (Wildman–Crippen LogP) is 7.41. The zero-order valence-electron chi connectivity index (χ0n) is 19.5. The van der Waals surface area contributed by atoms with Gasteiger partial charge in [0.15, 0.2) is 11.5 Å². The summed E-state index contributed by atoms with van der Waals surface area (Å²) in [5.74, 6) is 0.359. The molecule has 0 spiro atoms. The summed E-state index contributed by atoms with van der Waals surface area (Å²) < 4.78 is 17.5. The Bertz CT molecular complexity index is 1300. The third kappa shape index (κ3) is 4.65. The molecule has 9 heteroatoms. The number of anilines is 1. The summed E-state index contributed by atoms with van der Waals surface area (Å²) in [6, 6.07) is 12.4. The summed E-state index contributed by atoms with van der Waals surface area (Å²) in [6.45, 7) is 2.10. The van der Waals surface area contributed by atoms with Gasteiger partial charge in [-0.15, -0.1) is 0 Å². The van der Waals surface area contributed by atoms with Gasteiger partial charge in [-0.3, -0.25) is 0 Å². The van der Waals surface area contributed by atoms with E-state index in [4.69, 9.17) is 37.4 Å². The van der Waals surface area contributed by atoms with Crippen molar-refractivity contribution in [2.45, 2.75) is 18.9 Å². The average molecular weight is 581 g/mol. The van der Waals surface area contributed by atoms with E-state index in [1.165, 1.54) is 0 Å². The van der Waals surface area contributed by atoms with Crippen LogP contribution in [-0.4, -0.2) is 32.4 Å². The molecule has 1 heterocycles. The maximum absolute atomic E-state index is 12.2. The third-order valence-electron chi connectivity index (χ3n) is 6.42. The Hall–Kier alpha value is -2.61. The van der Waals surface area contributed by atoms with Gasteiger partial charge >= 0.3 is 5.97 Å². The number of methoxy groups -OCH3 is 3. The lowest BCUT2D eigenvalue weighted by Crippen LogP contribution is -2.32. The van der Waals surface area contributed by atoms with Gasteiger partial charge in [0.2, 0.25) is 0 Å². The monoisotopic (exact) mass is 579 g/mol. The van der Waals surface area contributed by atoms with Crippen molar-refractivity contribution in [2.24, 2.45) is 5.92 Å². The average Bonchev–Trinajstić information content (AvgIpc) is 2.84. The number of fused-ring (bicyclic) bond motifs is 1. The molecule has 0 aromatic heterocycles. The van der Waals surface area contributed by atoms with Gasteiger partial charge in [0.25, 0.3) is 0 Å². The van der Waals surface area contributed by atoms with Gasteiger partial charge in [0.05, 0.1) is 48.7 Å². The van der Waals surface area contributed by atoms with E-state index in [0.717, 1.165) is 16.7 Å². The molecule has 3 aromatic rings. The van der Waals surface area contributed by atoms with E-state index >= 15 is 0 Å². The summed E-state index contributed by atoms with van der Waals surface area (Å²) in [7, 11) is 4.74. The first-order valence-corrected chi connectivity index (χ1v) is 12.3. The van der Waals surface area contributed by atoms with Gasteiger partial charge in [-0.1, -0.05) is 52.1 Å². The molecule has 0 fully saturated rings. The summed E-state index contributed by atoms with van der Waals surface area (Å²) in [6.07, 6.45) is 0. The molecule has 2 N–H and O–H groups in total. The number of carboxylic acids is 1. The highest BCUT2D eigenvalue weighted by atomic mass is 79.9. The number of aromatic carboxylic acids is 1. The van der Waals surface area contributed by atoms with E-state index in [0.29, 0.717) is 37.5 Å². The number of halogens is 3. The molecule has 0 radical (unpaired) electrons. The van der Waals surface area contributed by atoms with Crippen molar-refractivity contribution >= 4 is 50.8 Å². The second kappa shape index (κ2) is 10.2. The van der Waals surface area contributed by atoms with Crippen LogP contribution >= 0.6 is 39.1 Å². The van der Waals surface area contributed by atoms with Crippen molar-refractivity contribution in [3.8, 4) is 17.2 Å². The molecule has 184 valence electrons. The van der Waals surface area contributed by atoms with E-state index in [2.05, 4.69) is 28.2 Å². The topological polar surface area (TPSA) is 77.0 Å². The smallest absolute Gasteiger partial charge is 0.337 e. The number of carboxylic acid groups (broad SMARTS) is 1.